The van der Waals surface area contributed by atoms with Gasteiger partial charge in [-0.3, -0.25) is 4.79 Å². The molecule has 9 nitrogen and oxygen atoms in total. The second-order valence-corrected chi connectivity index (χ2v) is 10.6. The fourth-order valence-corrected chi connectivity index (χ4v) is 5.79. The molecule has 0 aliphatic carbocycles. The third-order valence-corrected chi connectivity index (χ3v) is 7.96. The Labute approximate surface area is 242 Å². The van der Waals surface area contributed by atoms with Crippen molar-refractivity contribution >= 4 is 39.7 Å². The number of nitrogens with one attached hydrogen (secondary N) is 1. The zero-order valence-electron chi connectivity index (χ0n) is 22.9. The van der Waals surface area contributed by atoms with Crippen molar-refractivity contribution in [1.29, 1.82) is 10.5 Å². The van der Waals surface area contributed by atoms with E-state index in [-0.39, 0.29) is 29.8 Å². The van der Waals surface area contributed by atoms with Gasteiger partial charge in [0.25, 0.3) is 5.91 Å². The van der Waals surface area contributed by atoms with Crippen LogP contribution >= 0.6 is 22.9 Å². The maximum Gasteiger partial charge on any atom is 0.269 e. The van der Waals surface area contributed by atoms with Gasteiger partial charge >= 0.3 is 0 Å². The minimum Gasteiger partial charge on any atom is -0.496 e. The predicted molar refractivity (Wildman–Crippen MR) is 156 cm³/mol. The van der Waals surface area contributed by atoms with Gasteiger partial charge in [-0.1, -0.05) is 11.2 Å². The summed E-state index contributed by atoms with van der Waals surface area (Å²) in [5, 5.41) is 29.9. The van der Waals surface area contributed by atoms with Crippen molar-refractivity contribution in [2.24, 2.45) is 0 Å². The molecule has 4 heterocycles. The number of piperidine rings is 1. The highest BCUT2D eigenvalue weighted by atomic mass is 35.5. The first-order valence-corrected chi connectivity index (χ1v) is 14.5. The molecule has 40 heavy (non-hydrogen) atoms. The Hall–Kier alpha value is -3.83. The number of ether oxygens (including phenoxy) is 1. The van der Waals surface area contributed by atoms with E-state index in [4.69, 9.17) is 9.26 Å². The van der Waals surface area contributed by atoms with Crippen LogP contribution in [0.3, 0.4) is 0 Å². The van der Waals surface area contributed by atoms with E-state index in [9.17, 15) is 15.3 Å². The number of halogens is 1. The summed E-state index contributed by atoms with van der Waals surface area (Å²) in [6.07, 6.45) is 3.12. The summed E-state index contributed by atoms with van der Waals surface area (Å²) in [5.41, 5.74) is 1.73. The van der Waals surface area contributed by atoms with E-state index in [2.05, 4.69) is 53.0 Å². The number of carbonyl (C=O) groups excluding carboxylic acids is 1. The van der Waals surface area contributed by atoms with E-state index in [1.807, 2.05) is 23.6 Å². The molecule has 0 atom stereocenters. The topological polar surface area (TPSA) is 120 Å². The summed E-state index contributed by atoms with van der Waals surface area (Å²) in [6.45, 7) is 6.28. The lowest BCUT2D eigenvalue weighted by molar-refractivity contribution is 0.0892. The van der Waals surface area contributed by atoms with Gasteiger partial charge < -0.3 is 24.0 Å². The summed E-state index contributed by atoms with van der Waals surface area (Å²) in [6, 6.07) is 13.9. The first-order chi connectivity index (χ1) is 19.4. The Morgan fingerprint density at radius 1 is 1.25 bits per heavy atom. The standard InChI is InChI=1S/C28H28N6O3S.CH3Cl/c1-17(2)33-10-8-19(9-11-33)31-28(35)27-21(15-30)25-22(36-3)7-6-18(14-29)26(25)34(27)16-20-13-23(37-32-20)24-5-4-12-38-24;1-2/h4-7,12-13,17,19H,8-11,16H2,1-3H3,(H,31,35);1H3. The summed E-state index contributed by atoms with van der Waals surface area (Å²) in [5.74, 6) is 0.689. The van der Waals surface area contributed by atoms with Gasteiger partial charge in [-0.25, -0.2) is 0 Å². The number of likely N-dealkylation sites (tertiary alicyclic amines) is 1. The van der Waals surface area contributed by atoms with E-state index < -0.39 is 0 Å². The minimum absolute atomic E-state index is 0.00896. The van der Waals surface area contributed by atoms with Crippen LogP contribution in [0.15, 0.2) is 40.2 Å². The van der Waals surface area contributed by atoms with Crippen molar-refractivity contribution in [3.8, 4) is 28.5 Å². The van der Waals surface area contributed by atoms with Crippen LogP contribution in [-0.4, -0.2) is 59.2 Å². The molecule has 4 aromatic rings. The first-order valence-electron chi connectivity index (χ1n) is 12.9. The largest absolute Gasteiger partial charge is 0.496 e. The average Bonchev–Trinajstić information content (AvgIpc) is 3.74. The van der Waals surface area contributed by atoms with Crippen LogP contribution in [0.1, 0.15) is 54.0 Å². The molecular weight excluding hydrogens is 548 g/mol. The number of thiophene rings is 1. The molecular formula is C29H31ClN6O3S. The summed E-state index contributed by atoms with van der Waals surface area (Å²) in [7, 11) is 1.51. The third-order valence-electron chi connectivity index (χ3n) is 7.07. The second kappa shape index (κ2) is 13.0. The molecule has 3 aromatic heterocycles. The Morgan fingerprint density at radius 2 is 2.00 bits per heavy atom. The zero-order valence-corrected chi connectivity index (χ0v) is 24.5. The summed E-state index contributed by atoms with van der Waals surface area (Å²) in [4.78, 5) is 17.1. The number of fused-ring (bicyclic) bond motifs is 1. The Kier molecular flexibility index (Phi) is 9.49. The number of methoxy groups -OCH3 is 1. The first kappa shape index (κ1) is 29.2. The molecule has 0 radical (unpaired) electrons. The van der Waals surface area contributed by atoms with Crippen molar-refractivity contribution in [3.63, 3.8) is 0 Å². The zero-order chi connectivity index (χ0) is 28.8. The molecule has 1 aliphatic rings. The van der Waals surface area contributed by atoms with E-state index in [1.165, 1.54) is 24.8 Å². The number of amides is 1. The molecule has 1 amide bonds. The highest BCUT2D eigenvalue weighted by Gasteiger charge is 2.30. The number of nitriles is 2. The van der Waals surface area contributed by atoms with Crippen LogP contribution in [0.5, 0.6) is 5.75 Å². The molecule has 11 heteroatoms. The number of hydrogen-bond acceptors (Lipinski definition) is 8. The normalized spacial score (nSPS) is 13.9. The SMILES string of the molecule is CCl.COc1ccc(C#N)c2c1c(C#N)c(C(=O)NC1CCN(C(C)C)CC1)n2Cc1cc(-c2cccs2)on1. The molecule has 1 aliphatic heterocycles. The molecule has 1 N–H and O–H groups in total. The van der Waals surface area contributed by atoms with Crippen LogP contribution in [-0.2, 0) is 6.54 Å². The number of nitrogens with zero attached hydrogens (tertiary/aromatic N) is 5. The van der Waals surface area contributed by atoms with Gasteiger partial charge in [-0.05, 0) is 50.3 Å². The van der Waals surface area contributed by atoms with Crippen LogP contribution in [0.4, 0.5) is 0 Å². The highest BCUT2D eigenvalue weighted by molar-refractivity contribution is 7.13. The predicted octanol–water partition coefficient (Wildman–Crippen LogP) is 5.62. The van der Waals surface area contributed by atoms with Gasteiger partial charge in [0.2, 0.25) is 0 Å². The summed E-state index contributed by atoms with van der Waals surface area (Å²) < 4.78 is 12.8. The number of aromatic nitrogens is 2. The van der Waals surface area contributed by atoms with E-state index in [0.29, 0.717) is 39.7 Å². The van der Waals surface area contributed by atoms with E-state index in [1.54, 1.807) is 16.7 Å². The van der Waals surface area contributed by atoms with Crippen LogP contribution < -0.4 is 10.1 Å². The van der Waals surface area contributed by atoms with Crippen molar-refractivity contribution in [2.75, 3.05) is 26.6 Å². The fourth-order valence-electron chi connectivity index (χ4n) is 5.12. The van der Waals surface area contributed by atoms with Crippen molar-refractivity contribution in [2.45, 2.75) is 45.3 Å². The number of alkyl halides is 1. The maximum absolute atomic E-state index is 13.8. The molecule has 1 fully saturated rings. The average molecular weight is 579 g/mol. The smallest absolute Gasteiger partial charge is 0.269 e. The fraction of sp³-hybridized carbons (Fsp3) is 0.379. The molecule has 0 bridgehead atoms. The van der Waals surface area contributed by atoms with Gasteiger partial charge in [0.1, 0.15) is 29.3 Å². The number of rotatable bonds is 7. The molecule has 0 saturated carbocycles. The third kappa shape index (κ3) is 5.71. The van der Waals surface area contributed by atoms with Gasteiger partial charge in [-0.15, -0.1) is 22.9 Å². The van der Waals surface area contributed by atoms with Gasteiger partial charge in [0.05, 0.1) is 40.6 Å². The summed E-state index contributed by atoms with van der Waals surface area (Å²) >= 11 is 6.17. The quantitative estimate of drug-likeness (QED) is 0.283. The Bertz CT molecular complexity index is 1550. The molecule has 0 spiro atoms. The molecule has 0 unspecified atom stereocenters. The second-order valence-electron chi connectivity index (χ2n) is 9.61. The van der Waals surface area contributed by atoms with Crippen LogP contribution in [0.25, 0.3) is 21.5 Å². The molecule has 1 saturated heterocycles. The van der Waals surface area contributed by atoms with Crippen molar-refractivity contribution in [1.82, 2.24) is 19.9 Å². The van der Waals surface area contributed by atoms with Crippen molar-refractivity contribution in [3.05, 3.63) is 58.2 Å². The number of hydrogen-bond donors (Lipinski definition) is 1. The minimum atomic E-state index is -0.353. The lowest BCUT2D eigenvalue weighted by Crippen LogP contribution is -2.47. The van der Waals surface area contributed by atoms with Gasteiger partial charge in [0.15, 0.2) is 5.76 Å². The van der Waals surface area contributed by atoms with Gasteiger partial charge in [0, 0.05) is 37.6 Å². The highest BCUT2D eigenvalue weighted by Crippen LogP contribution is 2.37. The molecule has 5 rings (SSSR count). The number of carbonyl (C=O) groups is 1. The van der Waals surface area contributed by atoms with Crippen LogP contribution in [0.2, 0.25) is 0 Å². The lowest BCUT2D eigenvalue weighted by atomic mass is 10.0. The maximum atomic E-state index is 13.8. The van der Waals surface area contributed by atoms with Gasteiger partial charge in [-0.2, -0.15) is 10.5 Å². The van der Waals surface area contributed by atoms with E-state index >= 15 is 0 Å². The Morgan fingerprint density at radius 3 is 2.60 bits per heavy atom. The van der Waals surface area contributed by atoms with E-state index in [0.717, 1.165) is 30.8 Å². The Balaban J connectivity index is 0.00000181. The van der Waals surface area contributed by atoms with Crippen molar-refractivity contribution < 1.29 is 14.1 Å². The lowest BCUT2D eigenvalue weighted by Gasteiger charge is -2.34. The van der Waals surface area contributed by atoms with Crippen LogP contribution in [0, 0.1) is 22.7 Å². The molecule has 1 aromatic carbocycles. The molecule has 208 valence electrons. The monoisotopic (exact) mass is 578 g/mol. The number of benzene rings is 1.